The fourth-order valence-corrected chi connectivity index (χ4v) is 28.5. The second-order valence-corrected chi connectivity index (χ2v) is 40.7. The van der Waals surface area contributed by atoms with Crippen molar-refractivity contribution in [3.8, 4) is 0 Å². The van der Waals surface area contributed by atoms with Crippen molar-refractivity contribution in [1.29, 1.82) is 0 Å². The van der Waals surface area contributed by atoms with Gasteiger partial charge in [-0.1, -0.05) is 144 Å². The number of aliphatic hydroxyl groups is 7. The van der Waals surface area contributed by atoms with E-state index in [2.05, 4.69) is 155 Å². The predicted molar refractivity (Wildman–Crippen MR) is 425 cm³/mol. The summed E-state index contributed by atoms with van der Waals surface area (Å²) in [5, 5.41) is 100. The van der Waals surface area contributed by atoms with Gasteiger partial charge in [0, 0.05) is 50.5 Å². The summed E-state index contributed by atoms with van der Waals surface area (Å²) in [4.78, 5) is 25.0. The Morgan fingerprint density at radius 2 is 0.822 bits per heavy atom. The number of aromatic amines is 3. The third-order valence-corrected chi connectivity index (χ3v) is 35.6. The van der Waals surface area contributed by atoms with E-state index in [1.165, 1.54) is 35.1 Å². The van der Waals surface area contributed by atoms with Crippen molar-refractivity contribution in [2.45, 2.75) is 309 Å². The molecule has 107 heavy (non-hydrogen) atoms. The number of hydrogen-bond acceptors (Lipinski definition) is 12. The average molecular weight is 1500 g/mol. The standard InChI is InChI=1S/C30H50N2O3.C30H52N2O3.C30H48N2O3.B.Na.H/c1-7-18(16(2)3)12-25(33)17(4)20-8-9-21-26-22(10-11-29(20,21)5)30(6)14-19-15-31-32-24(19)13-23(30)27(34)28(26)35;2*1-7-20(18(2)3)12-28(35)19(4)24-8-9-25-23(17-34)26(10-11-29(24,25)5)30(6)14-21-15-31-32-27(21)13-22(30)16-33;;;/h15-18,20-23,25-28,33-35H,7-14H2,1-6H3,(H,31,32);15,18-20,22-26,28,33-35H,7-14,16-17H2,1-6H3,(H,31,32);15-20,22-26,28,35H,7-14H2,1-6H3,(H,31,32);;;/q;;;;+1;-1/t17-,18+,20+,21-,22-,23+,25?,26-,27+,28+,29+,30+;2*19-,20+,22+,23-,24+,25-,26-,28?,29+,30-;;;/m000.../s1. The van der Waals surface area contributed by atoms with Gasteiger partial charge >= 0.3 is 29.6 Å². The SMILES string of the molecule is CC[C@H](CC(O)[C@@H](C)[C@H]1CC[C@H]2[C@@H]3[C@@H](O)[C@H](O)[C@H]4Cc5[nH]ncc5C[C@]4(C)[C@H]3CC[C@]12C)C(C)C.CC[C@H](CC(O)[C@@H](C)[C@H]1CC[C@H]2[C@H](C=O)[C@@H]([C@@]3(C)Cc4cn[nH]c4C[C@@H]3C=O)CC[C@]12C)C(C)C.CC[C@H](CC(O)[C@@H](C)[C@H]1CC[C@H]2[C@H](CO)[C@@H]([C@@]3(C)Cc4cn[nH]c4C[C@@H]3CO)CC[C@]12C)C(C)C.[B].[H-].[Na+]. The number of nitrogens with zero attached hydrogens (tertiary/aromatic N) is 3. The van der Waals surface area contributed by atoms with Gasteiger partial charge in [-0.05, 0) is 314 Å². The van der Waals surface area contributed by atoms with Gasteiger partial charge in [-0.2, -0.15) is 15.3 Å². The smallest absolute Gasteiger partial charge is 1.00 e. The average Bonchev–Trinajstić information content (AvgIpc) is 1.39. The van der Waals surface area contributed by atoms with Crippen LogP contribution in [0.15, 0.2) is 18.6 Å². The van der Waals surface area contributed by atoms with E-state index < -0.39 is 12.2 Å². The first-order valence-electron chi connectivity index (χ1n) is 43.3. The Balaban J connectivity index is 0.000000201. The topological polar surface area (TPSA) is 262 Å². The molecule has 10 aliphatic rings. The minimum absolute atomic E-state index is 0. The van der Waals surface area contributed by atoms with Crippen LogP contribution in [-0.2, 0) is 48.1 Å². The number of H-pyrrole nitrogens is 3. The Kier molecular flexibility index (Phi) is 29.4. The summed E-state index contributed by atoms with van der Waals surface area (Å²) >= 11 is 0. The minimum atomic E-state index is -0.682. The van der Waals surface area contributed by atoms with E-state index in [1.807, 2.05) is 18.6 Å². The summed E-state index contributed by atoms with van der Waals surface area (Å²) in [7, 11) is 0. The van der Waals surface area contributed by atoms with E-state index >= 15 is 0 Å². The van der Waals surface area contributed by atoms with E-state index in [-0.39, 0.29) is 163 Å². The monoisotopic (exact) mass is 1490 g/mol. The Bertz CT molecular complexity index is 3320. The van der Waals surface area contributed by atoms with Gasteiger partial charge in [0.25, 0.3) is 0 Å². The molecule has 3 aromatic heterocycles. The van der Waals surface area contributed by atoms with Gasteiger partial charge in [0.15, 0.2) is 0 Å². The van der Waals surface area contributed by atoms with Crippen molar-refractivity contribution >= 4 is 21.0 Å². The molecule has 15 nitrogen and oxygen atoms in total. The molecule has 32 atom stereocenters. The molecule has 0 amide bonds. The molecule has 0 spiro atoms. The van der Waals surface area contributed by atoms with Crippen LogP contribution in [0, 0.1) is 175 Å². The predicted octanol–water partition coefficient (Wildman–Crippen LogP) is 12.6. The zero-order valence-corrected chi connectivity index (χ0v) is 72.4. The number of carbonyl (C=O) groups is 2. The van der Waals surface area contributed by atoms with E-state index in [1.54, 1.807) is 0 Å². The first-order chi connectivity index (χ1) is 49.7. The zero-order valence-electron chi connectivity index (χ0n) is 71.4. The largest absolute Gasteiger partial charge is 1.00 e. The molecule has 0 saturated heterocycles. The van der Waals surface area contributed by atoms with Crippen molar-refractivity contribution in [3.63, 3.8) is 0 Å². The molecule has 7 saturated carbocycles. The van der Waals surface area contributed by atoms with Gasteiger partial charge in [0.2, 0.25) is 0 Å². The van der Waals surface area contributed by atoms with Crippen LogP contribution in [0.1, 0.15) is 275 Å². The first kappa shape index (κ1) is 88.7. The van der Waals surface area contributed by atoms with Crippen molar-refractivity contribution < 1.29 is 76.3 Å². The van der Waals surface area contributed by atoms with Crippen molar-refractivity contribution in [3.05, 3.63) is 52.4 Å². The Hall–Kier alpha value is -2.25. The summed E-state index contributed by atoms with van der Waals surface area (Å²) in [6.45, 7) is 42.0. The van der Waals surface area contributed by atoms with Crippen LogP contribution in [0.3, 0.4) is 0 Å². The van der Waals surface area contributed by atoms with E-state index in [0.29, 0.717) is 89.3 Å². The summed E-state index contributed by atoms with van der Waals surface area (Å²) in [5.41, 5.74) is 7.32. The molecule has 7 fully saturated rings. The summed E-state index contributed by atoms with van der Waals surface area (Å²) in [6, 6.07) is 0. The molecule has 3 heterocycles. The van der Waals surface area contributed by atoms with Crippen molar-refractivity contribution in [2.24, 2.45) is 175 Å². The number of hydrogen-bond donors (Lipinski definition) is 10. The molecule has 0 bridgehead atoms. The fourth-order valence-electron chi connectivity index (χ4n) is 28.5. The van der Waals surface area contributed by atoms with Crippen LogP contribution >= 0.6 is 0 Å². The second kappa shape index (κ2) is 35.5. The fraction of sp³-hybridized carbons (Fsp3) is 0.878. The van der Waals surface area contributed by atoms with Crippen LogP contribution in [0.25, 0.3) is 0 Å². The third-order valence-electron chi connectivity index (χ3n) is 35.6. The molecule has 3 unspecified atom stereocenters. The molecule has 3 aromatic rings. The number of fused-ring (bicyclic) bond motifs is 10. The summed E-state index contributed by atoms with van der Waals surface area (Å²) in [6.07, 6.45) is 30.5. The van der Waals surface area contributed by atoms with Crippen molar-refractivity contribution in [2.75, 3.05) is 13.2 Å². The summed E-state index contributed by atoms with van der Waals surface area (Å²) < 4.78 is 0. The molecular formula is C90H151BN6NaO9. The van der Waals surface area contributed by atoms with Crippen LogP contribution in [0.4, 0.5) is 0 Å². The van der Waals surface area contributed by atoms with E-state index in [9.17, 15) is 45.3 Å². The third kappa shape index (κ3) is 16.2. The Labute approximate surface area is 672 Å². The molecule has 3 radical (unpaired) electrons. The molecule has 10 N–H and O–H groups in total. The molecular weight excluding hydrogens is 1340 g/mol. The summed E-state index contributed by atoms with van der Waals surface area (Å²) in [5.74, 6) is 8.55. The first-order valence-corrected chi connectivity index (χ1v) is 43.3. The van der Waals surface area contributed by atoms with Gasteiger partial charge in [-0.3, -0.25) is 15.3 Å². The van der Waals surface area contributed by atoms with Gasteiger partial charge < -0.3 is 46.8 Å². The quantitative estimate of drug-likeness (QED) is 0.0297. The number of aliphatic hydroxyl groups excluding tert-OH is 7. The minimum Gasteiger partial charge on any atom is -1.00 e. The van der Waals surface area contributed by atoms with Crippen LogP contribution < -0.4 is 29.6 Å². The van der Waals surface area contributed by atoms with Crippen LogP contribution in [0.2, 0.25) is 0 Å². The maximum atomic E-state index is 12.7. The molecule has 0 aliphatic heterocycles. The zero-order chi connectivity index (χ0) is 76.4. The molecule has 0 aromatic carbocycles. The molecule has 17 heteroatoms. The molecule has 13 rings (SSSR count). The number of aldehydes is 2. The van der Waals surface area contributed by atoms with Crippen LogP contribution in [-0.4, -0.2) is 131 Å². The number of aromatic nitrogens is 6. The number of carbonyl (C=O) groups excluding carboxylic acids is 2. The normalized spacial score (nSPS) is 40.7. The van der Waals surface area contributed by atoms with E-state index in [4.69, 9.17) is 0 Å². The van der Waals surface area contributed by atoms with Gasteiger partial charge in [0.05, 0.1) is 49.1 Å². The van der Waals surface area contributed by atoms with Gasteiger partial charge in [-0.25, -0.2) is 0 Å². The Morgan fingerprint density at radius 1 is 0.458 bits per heavy atom. The Morgan fingerprint density at radius 3 is 1.25 bits per heavy atom. The van der Waals surface area contributed by atoms with E-state index in [0.717, 1.165) is 159 Å². The molecule has 599 valence electrons. The van der Waals surface area contributed by atoms with Crippen LogP contribution in [0.5, 0.6) is 0 Å². The van der Waals surface area contributed by atoms with Crippen molar-refractivity contribution in [1.82, 2.24) is 30.6 Å². The number of nitrogens with one attached hydrogen (secondary N) is 3. The second-order valence-electron chi connectivity index (χ2n) is 40.7. The number of rotatable bonds is 24. The van der Waals surface area contributed by atoms with Gasteiger partial charge in [0.1, 0.15) is 12.6 Å². The van der Waals surface area contributed by atoms with Gasteiger partial charge in [-0.15, -0.1) is 0 Å². The molecule has 10 aliphatic carbocycles. The maximum Gasteiger partial charge on any atom is 1.00 e. The maximum absolute atomic E-state index is 12.7.